The average molecular weight is 245 g/mol. The lowest BCUT2D eigenvalue weighted by Crippen LogP contribution is -2.01. The predicted octanol–water partition coefficient (Wildman–Crippen LogP) is 2.59. The molecule has 0 radical (unpaired) electrons. The van der Waals surface area contributed by atoms with Gasteiger partial charge in [-0.1, -0.05) is 0 Å². The smallest absolute Gasteiger partial charge is 0.335 e. The minimum absolute atomic E-state index is 0.203. The molecule has 0 amide bonds. The molecular weight excluding hydrogens is 234 g/mol. The first-order chi connectivity index (χ1) is 8.54. The molecule has 0 fully saturated rings. The van der Waals surface area contributed by atoms with Crippen molar-refractivity contribution in [2.75, 3.05) is 0 Å². The highest BCUT2D eigenvalue weighted by molar-refractivity contribution is 5.87. The lowest BCUT2D eigenvalue weighted by Gasteiger charge is -2.04. The first-order valence-corrected chi connectivity index (χ1v) is 5.28. The highest BCUT2D eigenvalue weighted by atomic mass is 16.4. The molecule has 1 aromatic carbocycles. The minimum atomic E-state index is -0.981. The van der Waals surface area contributed by atoms with Crippen LogP contribution in [0, 0.1) is 18.8 Å². The van der Waals surface area contributed by atoms with Gasteiger partial charge in [-0.05, 0) is 43.3 Å². The van der Waals surface area contributed by atoms with E-state index in [1.807, 2.05) is 0 Å². The maximum Gasteiger partial charge on any atom is 0.335 e. The van der Waals surface area contributed by atoms with Crippen LogP contribution in [-0.2, 0) is 0 Å². The summed E-state index contributed by atoms with van der Waals surface area (Å²) >= 11 is 0. The van der Waals surface area contributed by atoms with Crippen molar-refractivity contribution < 1.29 is 9.90 Å². The van der Waals surface area contributed by atoms with Gasteiger partial charge < -0.3 is 5.11 Å². The van der Waals surface area contributed by atoms with Crippen molar-refractivity contribution in [3.8, 4) is 5.69 Å². The molecule has 2 aromatic rings. The third-order valence-electron chi connectivity index (χ3n) is 2.70. The van der Waals surface area contributed by atoms with Crippen LogP contribution in [0.1, 0.15) is 21.7 Å². The van der Waals surface area contributed by atoms with E-state index in [1.54, 1.807) is 30.7 Å². The fourth-order valence-corrected chi connectivity index (χ4v) is 1.76. The molecule has 6 nitrogen and oxygen atoms in total. The lowest BCUT2D eigenvalue weighted by molar-refractivity contribution is 0.0697. The van der Waals surface area contributed by atoms with E-state index in [0.29, 0.717) is 22.8 Å². The van der Waals surface area contributed by atoms with Crippen LogP contribution in [0.25, 0.3) is 5.69 Å². The number of benzene rings is 1. The molecule has 6 heteroatoms. The topological polar surface area (TPSA) is 84.6 Å². The Kier molecular flexibility index (Phi) is 2.93. The number of hydrogen-bond acceptors (Lipinski definition) is 4. The van der Waals surface area contributed by atoms with Crippen LogP contribution in [-0.4, -0.2) is 20.9 Å². The van der Waals surface area contributed by atoms with E-state index >= 15 is 0 Å². The molecular formula is C12H11N3O3. The molecule has 0 aliphatic rings. The van der Waals surface area contributed by atoms with E-state index in [9.17, 15) is 9.70 Å². The Balaban J connectivity index is 2.49. The number of aryl methyl sites for hydroxylation is 1. The number of rotatable bonds is 3. The van der Waals surface area contributed by atoms with Gasteiger partial charge in [0.05, 0.1) is 22.6 Å². The molecule has 1 heterocycles. The van der Waals surface area contributed by atoms with E-state index in [0.717, 1.165) is 0 Å². The third-order valence-corrected chi connectivity index (χ3v) is 2.70. The summed E-state index contributed by atoms with van der Waals surface area (Å²) in [6.45, 7) is 3.44. The molecule has 1 N–H and O–H groups in total. The zero-order valence-electron chi connectivity index (χ0n) is 9.91. The zero-order chi connectivity index (χ0) is 13.3. The Morgan fingerprint density at radius 3 is 2.33 bits per heavy atom. The Morgan fingerprint density at radius 1 is 1.28 bits per heavy atom. The maximum absolute atomic E-state index is 10.7. The molecule has 1 aromatic heterocycles. The maximum atomic E-state index is 10.7. The summed E-state index contributed by atoms with van der Waals surface area (Å²) in [6, 6.07) is 6.25. The third kappa shape index (κ3) is 1.88. The molecule has 0 atom stereocenters. The van der Waals surface area contributed by atoms with Gasteiger partial charge in [-0.2, -0.15) is 5.10 Å². The van der Waals surface area contributed by atoms with Gasteiger partial charge in [0.1, 0.15) is 0 Å². The minimum Gasteiger partial charge on any atom is -0.478 e. The number of hydrogen-bond donors (Lipinski definition) is 1. The largest absolute Gasteiger partial charge is 0.478 e. The van der Waals surface area contributed by atoms with Crippen molar-refractivity contribution in [2.24, 2.45) is 5.18 Å². The number of nitroso groups, excluding NO2 is 1. The summed E-state index contributed by atoms with van der Waals surface area (Å²) in [5.74, 6) is -0.981. The van der Waals surface area contributed by atoms with Crippen LogP contribution in [0.4, 0.5) is 5.69 Å². The first-order valence-electron chi connectivity index (χ1n) is 5.28. The van der Waals surface area contributed by atoms with Crippen LogP contribution >= 0.6 is 0 Å². The highest BCUT2D eigenvalue weighted by Crippen LogP contribution is 2.25. The fraction of sp³-hybridized carbons (Fsp3) is 0.167. The van der Waals surface area contributed by atoms with E-state index in [4.69, 9.17) is 5.11 Å². The van der Waals surface area contributed by atoms with Crippen molar-refractivity contribution in [2.45, 2.75) is 13.8 Å². The SMILES string of the molecule is Cc1nn(-c2ccc(C(=O)O)cc2)c(C)c1N=O. The summed E-state index contributed by atoms with van der Waals surface area (Å²) in [7, 11) is 0. The normalized spacial score (nSPS) is 10.3. The van der Waals surface area contributed by atoms with Crippen molar-refractivity contribution >= 4 is 11.7 Å². The van der Waals surface area contributed by atoms with Crippen LogP contribution < -0.4 is 0 Å². The molecule has 18 heavy (non-hydrogen) atoms. The van der Waals surface area contributed by atoms with E-state index in [-0.39, 0.29) is 5.56 Å². The van der Waals surface area contributed by atoms with Gasteiger partial charge in [-0.25, -0.2) is 9.48 Å². The highest BCUT2D eigenvalue weighted by Gasteiger charge is 2.13. The van der Waals surface area contributed by atoms with Crippen molar-refractivity contribution in [1.29, 1.82) is 0 Å². The van der Waals surface area contributed by atoms with E-state index in [2.05, 4.69) is 10.3 Å². The van der Waals surface area contributed by atoms with Gasteiger partial charge in [0.2, 0.25) is 0 Å². The van der Waals surface area contributed by atoms with Crippen LogP contribution in [0.2, 0.25) is 0 Å². The number of aromatic nitrogens is 2. The number of carboxylic acid groups (broad SMARTS) is 1. The predicted molar refractivity (Wildman–Crippen MR) is 65.5 cm³/mol. The molecule has 0 bridgehead atoms. The lowest BCUT2D eigenvalue weighted by atomic mass is 10.2. The van der Waals surface area contributed by atoms with Crippen LogP contribution in [0.5, 0.6) is 0 Å². The van der Waals surface area contributed by atoms with Crippen LogP contribution in [0.3, 0.4) is 0 Å². The standard InChI is InChI=1S/C12H11N3O3/c1-7-11(14-18)8(2)15(13-7)10-5-3-9(4-6-10)12(16)17/h3-6H,1-2H3,(H,16,17). The molecule has 0 aliphatic carbocycles. The fourth-order valence-electron chi connectivity index (χ4n) is 1.76. The molecule has 92 valence electrons. The molecule has 2 rings (SSSR count). The number of aromatic carboxylic acids is 1. The Labute approximate surface area is 103 Å². The Bertz CT molecular complexity index is 614. The van der Waals surface area contributed by atoms with Gasteiger partial charge in [-0.3, -0.25) is 0 Å². The molecule has 0 saturated carbocycles. The van der Waals surface area contributed by atoms with Crippen LogP contribution in [0.15, 0.2) is 29.4 Å². The monoisotopic (exact) mass is 245 g/mol. The second-order valence-electron chi connectivity index (χ2n) is 3.87. The van der Waals surface area contributed by atoms with Gasteiger partial charge in [0, 0.05) is 0 Å². The quantitative estimate of drug-likeness (QED) is 0.842. The average Bonchev–Trinajstić information content (AvgIpc) is 2.64. The first kappa shape index (κ1) is 12.0. The van der Waals surface area contributed by atoms with Crippen molar-refractivity contribution in [3.63, 3.8) is 0 Å². The second kappa shape index (κ2) is 4.40. The summed E-state index contributed by atoms with van der Waals surface area (Å²) in [5, 5.41) is 15.9. The second-order valence-corrected chi connectivity index (χ2v) is 3.87. The molecule has 0 saturated heterocycles. The van der Waals surface area contributed by atoms with Gasteiger partial charge in [-0.15, -0.1) is 4.91 Å². The van der Waals surface area contributed by atoms with Crippen molar-refractivity contribution in [1.82, 2.24) is 9.78 Å². The number of carboxylic acids is 1. The van der Waals surface area contributed by atoms with Crippen molar-refractivity contribution in [3.05, 3.63) is 46.1 Å². The molecule has 0 unspecified atom stereocenters. The van der Waals surface area contributed by atoms with Gasteiger partial charge in [0.15, 0.2) is 5.69 Å². The van der Waals surface area contributed by atoms with Gasteiger partial charge >= 0.3 is 5.97 Å². The zero-order valence-corrected chi connectivity index (χ0v) is 9.91. The molecule has 0 aliphatic heterocycles. The number of carbonyl (C=O) groups is 1. The number of nitrogens with zero attached hydrogens (tertiary/aromatic N) is 3. The summed E-state index contributed by atoms with van der Waals surface area (Å²) in [4.78, 5) is 21.4. The summed E-state index contributed by atoms with van der Waals surface area (Å²) in [5.41, 5.74) is 2.39. The Hall–Kier alpha value is -2.50. The van der Waals surface area contributed by atoms with Gasteiger partial charge in [0.25, 0.3) is 0 Å². The van der Waals surface area contributed by atoms with E-state index < -0.39 is 5.97 Å². The Morgan fingerprint density at radius 2 is 1.89 bits per heavy atom. The van der Waals surface area contributed by atoms with E-state index in [1.165, 1.54) is 12.1 Å². The summed E-state index contributed by atoms with van der Waals surface area (Å²) < 4.78 is 1.57. The summed E-state index contributed by atoms with van der Waals surface area (Å²) in [6.07, 6.45) is 0. The molecule has 0 spiro atoms.